The molecule has 4 rings (SSSR count). The number of hydrogen-bond acceptors (Lipinski definition) is 3. The summed E-state index contributed by atoms with van der Waals surface area (Å²) in [6, 6.07) is 19.7. The van der Waals surface area contributed by atoms with Gasteiger partial charge in [0, 0.05) is 18.0 Å². The van der Waals surface area contributed by atoms with E-state index in [1.807, 2.05) is 74.5 Å². The van der Waals surface area contributed by atoms with Crippen molar-refractivity contribution in [3.8, 4) is 0 Å². The molecular weight excluding hydrogens is 334 g/mol. The number of carbonyl (C=O) groups excluding carboxylic acids is 1. The number of aliphatic imine (C=N–C) groups is 1. The molecule has 0 radical (unpaired) electrons. The molecule has 132 valence electrons. The summed E-state index contributed by atoms with van der Waals surface area (Å²) in [6.07, 6.45) is 5.21. The van der Waals surface area contributed by atoms with Crippen LogP contribution < -0.4 is 4.90 Å². The van der Waals surface area contributed by atoms with E-state index in [2.05, 4.69) is 4.98 Å². The molecule has 2 aromatic carbocycles. The number of amidine groups is 1. The van der Waals surface area contributed by atoms with Gasteiger partial charge in [0.05, 0.1) is 5.69 Å². The summed E-state index contributed by atoms with van der Waals surface area (Å²) < 4.78 is 0. The quantitative estimate of drug-likeness (QED) is 0.649. The van der Waals surface area contributed by atoms with Gasteiger partial charge in [0.1, 0.15) is 11.5 Å². The second-order valence-electron chi connectivity index (χ2n) is 6.59. The van der Waals surface area contributed by atoms with Crippen LogP contribution in [0.2, 0.25) is 0 Å². The van der Waals surface area contributed by atoms with Crippen LogP contribution in [0.15, 0.2) is 83.7 Å². The minimum Gasteiger partial charge on any atom is -0.266 e. The molecule has 0 unspecified atom stereocenters. The number of anilines is 1. The third-order valence-corrected chi connectivity index (χ3v) is 4.41. The number of amides is 1. The van der Waals surface area contributed by atoms with Crippen LogP contribution in [0.3, 0.4) is 0 Å². The van der Waals surface area contributed by atoms with Crippen molar-refractivity contribution < 1.29 is 4.79 Å². The maximum absolute atomic E-state index is 13.2. The van der Waals surface area contributed by atoms with E-state index in [1.165, 1.54) is 0 Å². The van der Waals surface area contributed by atoms with E-state index in [-0.39, 0.29) is 5.91 Å². The van der Waals surface area contributed by atoms with Crippen LogP contribution in [0.5, 0.6) is 0 Å². The molecule has 0 aliphatic carbocycles. The lowest BCUT2D eigenvalue weighted by Crippen LogP contribution is -2.32. The monoisotopic (exact) mass is 353 g/mol. The Bertz CT molecular complexity index is 1070. The molecule has 0 spiro atoms. The number of aryl methyl sites for hydroxylation is 2. The van der Waals surface area contributed by atoms with Crippen LogP contribution in [0.1, 0.15) is 22.3 Å². The van der Waals surface area contributed by atoms with Crippen LogP contribution >= 0.6 is 0 Å². The molecule has 0 N–H and O–H groups in total. The van der Waals surface area contributed by atoms with E-state index in [0.717, 1.165) is 27.9 Å². The van der Waals surface area contributed by atoms with Crippen molar-refractivity contribution in [3.63, 3.8) is 0 Å². The summed E-state index contributed by atoms with van der Waals surface area (Å²) in [6.45, 7) is 4.05. The van der Waals surface area contributed by atoms with Gasteiger partial charge in [0.25, 0.3) is 5.91 Å². The first-order valence-electron chi connectivity index (χ1n) is 8.80. The first-order chi connectivity index (χ1) is 13.1. The number of hydrogen-bond donors (Lipinski definition) is 0. The molecule has 3 aromatic rings. The van der Waals surface area contributed by atoms with E-state index in [9.17, 15) is 4.79 Å². The summed E-state index contributed by atoms with van der Waals surface area (Å²) in [7, 11) is 0. The number of benzene rings is 2. The largest absolute Gasteiger partial charge is 0.282 e. The number of nitrogens with zero attached hydrogens (tertiary/aromatic N) is 3. The van der Waals surface area contributed by atoms with Crippen molar-refractivity contribution in [2.45, 2.75) is 13.8 Å². The molecule has 1 aromatic heterocycles. The molecular formula is C23H19N3O. The Morgan fingerprint density at radius 2 is 1.59 bits per heavy atom. The van der Waals surface area contributed by atoms with Crippen molar-refractivity contribution >= 4 is 23.5 Å². The Morgan fingerprint density at radius 1 is 0.889 bits per heavy atom. The molecule has 1 amide bonds. The fourth-order valence-corrected chi connectivity index (χ4v) is 3.12. The normalized spacial score (nSPS) is 15.3. The van der Waals surface area contributed by atoms with Crippen molar-refractivity contribution in [1.29, 1.82) is 0 Å². The zero-order chi connectivity index (χ0) is 18.8. The highest BCUT2D eigenvalue weighted by Crippen LogP contribution is 2.28. The summed E-state index contributed by atoms with van der Waals surface area (Å²) >= 11 is 0. The molecule has 2 heterocycles. The Kier molecular flexibility index (Phi) is 4.38. The lowest BCUT2D eigenvalue weighted by Gasteiger charge is -2.19. The number of rotatable bonds is 3. The smallest absolute Gasteiger partial charge is 0.266 e. The molecule has 1 aliphatic rings. The first-order valence-corrected chi connectivity index (χ1v) is 8.80. The van der Waals surface area contributed by atoms with Crippen LogP contribution in [-0.2, 0) is 4.79 Å². The predicted molar refractivity (Wildman–Crippen MR) is 109 cm³/mol. The van der Waals surface area contributed by atoms with Crippen LogP contribution in [0.4, 0.5) is 5.69 Å². The van der Waals surface area contributed by atoms with Gasteiger partial charge in [-0.05, 0) is 61.4 Å². The van der Waals surface area contributed by atoms with E-state index in [1.54, 1.807) is 23.4 Å². The average molecular weight is 353 g/mol. The van der Waals surface area contributed by atoms with E-state index < -0.39 is 0 Å². The van der Waals surface area contributed by atoms with Crippen LogP contribution in [0.25, 0.3) is 6.08 Å². The molecule has 27 heavy (non-hydrogen) atoms. The molecule has 1 aliphatic heterocycles. The molecule has 4 nitrogen and oxygen atoms in total. The van der Waals surface area contributed by atoms with Gasteiger partial charge in [0.15, 0.2) is 0 Å². The molecule has 0 bridgehead atoms. The van der Waals surface area contributed by atoms with E-state index in [0.29, 0.717) is 11.5 Å². The van der Waals surface area contributed by atoms with Gasteiger partial charge < -0.3 is 0 Å². The molecule has 0 fully saturated rings. The highest BCUT2D eigenvalue weighted by Gasteiger charge is 2.32. The van der Waals surface area contributed by atoms with Crippen molar-refractivity contribution in [2.24, 2.45) is 4.99 Å². The highest BCUT2D eigenvalue weighted by atomic mass is 16.2. The minimum absolute atomic E-state index is 0.131. The SMILES string of the molecule is Cc1cccc(C2=N/C(=C/c3ccncc3)C(=O)N2c2cccc(C)c2)c1. The topological polar surface area (TPSA) is 45.6 Å². The van der Waals surface area contributed by atoms with Crippen LogP contribution in [0, 0.1) is 13.8 Å². The van der Waals surface area contributed by atoms with E-state index in [4.69, 9.17) is 4.99 Å². The fourth-order valence-electron chi connectivity index (χ4n) is 3.12. The van der Waals surface area contributed by atoms with Gasteiger partial charge in [-0.2, -0.15) is 0 Å². The van der Waals surface area contributed by atoms with Crippen molar-refractivity contribution in [2.75, 3.05) is 4.90 Å². The summed E-state index contributed by atoms with van der Waals surface area (Å²) in [5.41, 5.74) is 5.27. The lowest BCUT2D eigenvalue weighted by atomic mass is 10.1. The fraction of sp³-hybridized carbons (Fsp3) is 0.0870. The van der Waals surface area contributed by atoms with E-state index >= 15 is 0 Å². The standard InChI is InChI=1S/C23H19N3O/c1-16-5-3-7-19(13-16)22-25-21(15-18-9-11-24-12-10-18)23(27)26(22)20-8-4-6-17(2)14-20/h3-15H,1-2H3/b21-15+. The second-order valence-corrected chi connectivity index (χ2v) is 6.59. The molecule has 0 atom stereocenters. The molecule has 4 heteroatoms. The van der Waals surface area contributed by atoms with Crippen molar-refractivity contribution in [1.82, 2.24) is 4.98 Å². The van der Waals surface area contributed by atoms with Gasteiger partial charge in [0.2, 0.25) is 0 Å². The lowest BCUT2D eigenvalue weighted by molar-refractivity contribution is -0.113. The highest BCUT2D eigenvalue weighted by molar-refractivity contribution is 6.33. The maximum atomic E-state index is 13.2. The summed E-state index contributed by atoms with van der Waals surface area (Å²) in [5.74, 6) is 0.517. The van der Waals surface area contributed by atoms with Gasteiger partial charge in [-0.25, -0.2) is 4.99 Å². The Labute approximate surface area is 158 Å². The Balaban J connectivity index is 1.85. The third-order valence-electron chi connectivity index (χ3n) is 4.41. The van der Waals surface area contributed by atoms with Gasteiger partial charge >= 0.3 is 0 Å². The summed E-state index contributed by atoms with van der Waals surface area (Å²) in [5, 5.41) is 0. The van der Waals surface area contributed by atoms with Crippen LogP contribution in [-0.4, -0.2) is 16.7 Å². The second kappa shape index (κ2) is 7.00. The predicted octanol–water partition coefficient (Wildman–Crippen LogP) is 4.53. The van der Waals surface area contributed by atoms with Gasteiger partial charge in [-0.3, -0.25) is 14.7 Å². The van der Waals surface area contributed by atoms with Gasteiger partial charge in [-0.15, -0.1) is 0 Å². The summed E-state index contributed by atoms with van der Waals surface area (Å²) in [4.78, 5) is 23.6. The number of carbonyl (C=O) groups is 1. The van der Waals surface area contributed by atoms with Crippen molar-refractivity contribution in [3.05, 3.63) is 101 Å². The maximum Gasteiger partial charge on any atom is 0.282 e. The number of pyridine rings is 1. The zero-order valence-electron chi connectivity index (χ0n) is 15.3. The van der Waals surface area contributed by atoms with Gasteiger partial charge in [-0.1, -0.05) is 35.9 Å². The Morgan fingerprint density at radius 3 is 2.30 bits per heavy atom. The number of aromatic nitrogens is 1. The first kappa shape index (κ1) is 16.9. The molecule has 0 saturated heterocycles. The third kappa shape index (κ3) is 3.42. The zero-order valence-corrected chi connectivity index (χ0v) is 15.3. The minimum atomic E-state index is -0.131. The average Bonchev–Trinajstić information content (AvgIpc) is 2.99. The molecule has 0 saturated carbocycles. The Hall–Kier alpha value is -3.53.